The van der Waals surface area contributed by atoms with Gasteiger partial charge in [0.25, 0.3) is 5.91 Å². The first-order valence-corrected chi connectivity index (χ1v) is 12.3. The number of pyridine rings is 1. The molecule has 1 atom stereocenters. The summed E-state index contributed by atoms with van der Waals surface area (Å²) in [5, 5.41) is 15.3. The lowest BCUT2D eigenvalue weighted by molar-refractivity contribution is -0.150. The topological polar surface area (TPSA) is 84.2 Å². The first-order chi connectivity index (χ1) is 18.0. The van der Waals surface area contributed by atoms with Crippen LogP contribution >= 0.6 is 11.6 Å². The van der Waals surface area contributed by atoms with Gasteiger partial charge in [-0.15, -0.1) is 0 Å². The van der Waals surface area contributed by atoms with Gasteiger partial charge in [0.05, 0.1) is 11.2 Å². The summed E-state index contributed by atoms with van der Waals surface area (Å²) in [5.41, 5.74) is 3.85. The fourth-order valence-corrected chi connectivity index (χ4v) is 3.91. The zero-order valence-corrected chi connectivity index (χ0v) is 21.2. The van der Waals surface area contributed by atoms with Crippen molar-refractivity contribution in [3.8, 4) is 5.75 Å². The van der Waals surface area contributed by atoms with Crippen molar-refractivity contribution in [2.75, 3.05) is 7.05 Å². The number of hydrogen-bond donors (Lipinski definition) is 1. The standard InChI is InChI=1S/C29H28ClN3O4/c1-33(35)29(34)19-31-37-28(8-4-5-21-9-14-24(30)15-10-21)23-12-17-26(18-13-23)36-20-25-16-11-22-6-2-3-7-27(22)32-25/h2-3,6-7,9-19,28,35H,4-5,8,20H2,1H3/b31-19+. The molecule has 4 aromatic rings. The van der Waals surface area contributed by atoms with E-state index in [1.165, 1.54) is 12.6 Å². The number of nitrogens with zero attached hydrogens (tertiary/aromatic N) is 3. The number of hydroxylamine groups is 2. The summed E-state index contributed by atoms with van der Waals surface area (Å²) in [5.74, 6) is 0.0326. The molecular formula is C29H28ClN3O4. The highest BCUT2D eigenvalue weighted by Crippen LogP contribution is 2.27. The molecule has 7 nitrogen and oxygen atoms in total. The molecule has 190 valence electrons. The molecule has 0 aliphatic rings. The number of oxime groups is 1. The van der Waals surface area contributed by atoms with E-state index in [0.717, 1.165) is 41.2 Å². The van der Waals surface area contributed by atoms with Gasteiger partial charge in [-0.1, -0.05) is 65.3 Å². The van der Waals surface area contributed by atoms with Crippen LogP contribution in [0.2, 0.25) is 5.02 Å². The average molecular weight is 518 g/mol. The van der Waals surface area contributed by atoms with E-state index in [1.807, 2.05) is 84.9 Å². The van der Waals surface area contributed by atoms with Crippen molar-refractivity contribution < 1.29 is 19.6 Å². The van der Waals surface area contributed by atoms with E-state index in [0.29, 0.717) is 28.9 Å². The fraction of sp³-hybridized carbons (Fsp3) is 0.207. The Morgan fingerprint density at radius 3 is 2.57 bits per heavy atom. The Morgan fingerprint density at radius 1 is 1.05 bits per heavy atom. The molecule has 0 fully saturated rings. The molecule has 1 heterocycles. The average Bonchev–Trinajstić information content (AvgIpc) is 2.92. The Bertz CT molecular complexity index is 1340. The number of carbonyl (C=O) groups excluding carboxylic acids is 1. The lowest BCUT2D eigenvalue weighted by Gasteiger charge is -2.16. The van der Waals surface area contributed by atoms with Gasteiger partial charge in [0.2, 0.25) is 0 Å². The van der Waals surface area contributed by atoms with Crippen LogP contribution in [0.25, 0.3) is 10.9 Å². The largest absolute Gasteiger partial charge is 0.487 e. The van der Waals surface area contributed by atoms with Crippen molar-refractivity contribution in [2.45, 2.75) is 32.0 Å². The maximum Gasteiger partial charge on any atom is 0.291 e. The molecule has 1 N–H and O–H groups in total. The van der Waals surface area contributed by atoms with Crippen LogP contribution in [0.3, 0.4) is 0 Å². The summed E-state index contributed by atoms with van der Waals surface area (Å²) < 4.78 is 5.94. The van der Waals surface area contributed by atoms with E-state index < -0.39 is 5.91 Å². The van der Waals surface area contributed by atoms with Gasteiger partial charge in [-0.05, 0) is 66.8 Å². The van der Waals surface area contributed by atoms with Crippen LogP contribution in [0.1, 0.15) is 35.8 Å². The third-order valence-electron chi connectivity index (χ3n) is 5.81. The van der Waals surface area contributed by atoms with Crippen LogP contribution in [0.4, 0.5) is 0 Å². The van der Waals surface area contributed by atoms with Gasteiger partial charge in [0.1, 0.15) is 18.6 Å². The third-order valence-corrected chi connectivity index (χ3v) is 6.06. The molecule has 0 aliphatic heterocycles. The van der Waals surface area contributed by atoms with Gasteiger partial charge in [0.15, 0.2) is 6.10 Å². The highest BCUT2D eigenvalue weighted by molar-refractivity contribution is 6.30. The number of rotatable bonds is 11. The van der Waals surface area contributed by atoms with Gasteiger partial charge in [-0.25, -0.2) is 10.0 Å². The highest BCUT2D eigenvalue weighted by Gasteiger charge is 2.14. The molecule has 37 heavy (non-hydrogen) atoms. The van der Waals surface area contributed by atoms with E-state index >= 15 is 0 Å². The number of halogens is 1. The molecule has 0 aliphatic carbocycles. The fourth-order valence-electron chi connectivity index (χ4n) is 3.78. The molecule has 1 aromatic heterocycles. The van der Waals surface area contributed by atoms with Crippen LogP contribution in [0.5, 0.6) is 5.75 Å². The zero-order valence-electron chi connectivity index (χ0n) is 20.5. The summed E-state index contributed by atoms with van der Waals surface area (Å²) in [7, 11) is 1.23. The Kier molecular flexibility index (Phi) is 9.08. The molecule has 0 saturated carbocycles. The van der Waals surface area contributed by atoms with Crippen LogP contribution in [-0.4, -0.2) is 34.4 Å². The van der Waals surface area contributed by atoms with E-state index in [1.54, 1.807) is 0 Å². The minimum atomic E-state index is -0.675. The van der Waals surface area contributed by atoms with Crippen molar-refractivity contribution in [3.63, 3.8) is 0 Å². The number of hydrogen-bond acceptors (Lipinski definition) is 6. The molecule has 0 spiro atoms. The second-order valence-electron chi connectivity index (χ2n) is 8.56. The van der Waals surface area contributed by atoms with E-state index in [9.17, 15) is 10.0 Å². The number of para-hydroxylation sites is 1. The number of aromatic nitrogens is 1. The number of ether oxygens (including phenoxy) is 1. The van der Waals surface area contributed by atoms with Crippen LogP contribution in [0.15, 0.2) is 90.1 Å². The summed E-state index contributed by atoms with van der Waals surface area (Å²) in [4.78, 5) is 21.9. The monoisotopic (exact) mass is 517 g/mol. The Balaban J connectivity index is 1.39. The third kappa shape index (κ3) is 7.77. The lowest BCUT2D eigenvalue weighted by atomic mass is 10.0. The SMILES string of the molecule is CN(O)C(=O)/C=N/OC(CCCc1ccc(Cl)cc1)c1ccc(OCc2ccc3ccccc3n2)cc1. The van der Waals surface area contributed by atoms with Crippen molar-refractivity contribution in [2.24, 2.45) is 5.16 Å². The van der Waals surface area contributed by atoms with Crippen molar-refractivity contribution >= 4 is 34.6 Å². The first-order valence-electron chi connectivity index (χ1n) is 12.0. The maximum atomic E-state index is 11.6. The predicted molar refractivity (Wildman–Crippen MR) is 144 cm³/mol. The number of amides is 1. The molecule has 0 bridgehead atoms. The summed E-state index contributed by atoms with van der Waals surface area (Å²) >= 11 is 5.98. The number of benzene rings is 3. The number of carbonyl (C=O) groups is 1. The molecule has 4 rings (SSSR count). The molecule has 0 radical (unpaired) electrons. The van der Waals surface area contributed by atoms with Gasteiger partial charge in [-0.3, -0.25) is 10.0 Å². The predicted octanol–water partition coefficient (Wildman–Crippen LogP) is 6.38. The van der Waals surface area contributed by atoms with E-state index in [2.05, 4.69) is 10.1 Å². The second-order valence-corrected chi connectivity index (χ2v) is 9.00. The maximum absolute atomic E-state index is 11.6. The first kappa shape index (κ1) is 26.1. The minimum Gasteiger partial charge on any atom is -0.487 e. The Hall–Kier alpha value is -3.94. The quantitative estimate of drug-likeness (QED) is 0.142. The van der Waals surface area contributed by atoms with Crippen LogP contribution < -0.4 is 4.74 Å². The summed E-state index contributed by atoms with van der Waals surface area (Å²) in [6.45, 7) is 0.353. The van der Waals surface area contributed by atoms with Crippen molar-refractivity contribution in [1.82, 2.24) is 10.0 Å². The normalized spacial score (nSPS) is 12.0. The van der Waals surface area contributed by atoms with Crippen molar-refractivity contribution in [3.05, 3.63) is 107 Å². The van der Waals surface area contributed by atoms with Crippen molar-refractivity contribution in [1.29, 1.82) is 0 Å². The lowest BCUT2D eigenvalue weighted by Crippen LogP contribution is -2.23. The van der Waals surface area contributed by atoms with Crippen LogP contribution in [0, 0.1) is 0 Å². The Morgan fingerprint density at radius 2 is 1.81 bits per heavy atom. The molecule has 0 saturated heterocycles. The second kappa shape index (κ2) is 12.9. The summed E-state index contributed by atoms with van der Waals surface area (Å²) in [6, 6.07) is 27.3. The zero-order chi connectivity index (χ0) is 26.0. The molecule has 1 unspecified atom stereocenters. The van der Waals surface area contributed by atoms with Gasteiger partial charge in [-0.2, -0.15) is 0 Å². The van der Waals surface area contributed by atoms with Gasteiger partial charge >= 0.3 is 0 Å². The number of aryl methyl sites for hydroxylation is 1. The molecule has 3 aromatic carbocycles. The van der Waals surface area contributed by atoms with Gasteiger partial charge in [0, 0.05) is 17.5 Å². The highest BCUT2D eigenvalue weighted by atomic mass is 35.5. The molecule has 8 heteroatoms. The van der Waals surface area contributed by atoms with E-state index in [-0.39, 0.29) is 6.10 Å². The summed E-state index contributed by atoms with van der Waals surface area (Å²) in [6.07, 6.45) is 2.92. The molecule has 1 amide bonds. The van der Waals surface area contributed by atoms with Crippen LogP contribution in [-0.2, 0) is 22.7 Å². The van der Waals surface area contributed by atoms with E-state index in [4.69, 9.17) is 21.2 Å². The van der Waals surface area contributed by atoms with Gasteiger partial charge < -0.3 is 9.57 Å². The minimum absolute atomic E-state index is 0.353. The Labute approximate surface area is 220 Å². The smallest absolute Gasteiger partial charge is 0.291 e. The molecular weight excluding hydrogens is 490 g/mol. The number of fused-ring (bicyclic) bond motifs is 1.